The number of rotatable bonds is 3. The predicted octanol–water partition coefficient (Wildman–Crippen LogP) is 4.85. The fourth-order valence-corrected chi connectivity index (χ4v) is 3.53. The van der Waals surface area contributed by atoms with E-state index in [-0.39, 0.29) is 4.90 Å². The summed E-state index contributed by atoms with van der Waals surface area (Å²) in [6.07, 6.45) is 0. The Morgan fingerprint density at radius 2 is 1.58 bits per heavy atom. The van der Waals surface area contributed by atoms with Gasteiger partial charge in [-0.2, -0.15) is 0 Å². The van der Waals surface area contributed by atoms with Crippen molar-refractivity contribution in [3.8, 4) is 11.8 Å². The lowest BCUT2D eigenvalue weighted by Crippen LogP contribution is -2.13. The van der Waals surface area contributed by atoms with Gasteiger partial charge >= 0.3 is 0 Å². The first-order chi connectivity index (χ1) is 12.4. The maximum Gasteiger partial charge on any atom is 0.261 e. The summed E-state index contributed by atoms with van der Waals surface area (Å²) in [7, 11) is -3.73. The van der Waals surface area contributed by atoms with Crippen LogP contribution < -0.4 is 4.72 Å². The number of hydrogen-bond acceptors (Lipinski definition) is 2. The van der Waals surface area contributed by atoms with Crippen molar-refractivity contribution in [3.63, 3.8) is 0 Å². The van der Waals surface area contributed by atoms with Crippen LogP contribution in [0.5, 0.6) is 0 Å². The van der Waals surface area contributed by atoms with Gasteiger partial charge in [-0.1, -0.05) is 59.3 Å². The molecule has 0 saturated heterocycles. The minimum Gasteiger partial charge on any atom is -0.278 e. The van der Waals surface area contributed by atoms with Crippen LogP contribution in [0.4, 0.5) is 5.69 Å². The van der Waals surface area contributed by atoms with Crippen molar-refractivity contribution in [3.05, 3.63) is 94.5 Å². The summed E-state index contributed by atoms with van der Waals surface area (Å²) in [6, 6.07) is 21.1. The zero-order valence-electron chi connectivity index (χ0n) is 14.0. The van der Waals surface area contributed by atoms with E-state index in [1.54, 1.807) is 42.5 Å². The number of sulfonamides is 1. The van der Waals surface area contributed by atoms with Gasteiger partial charge in [-0.25, -0.2) is 8.42 Å². The van der Waals surface area contributed by atoms with E-state index in [2.05, 4.69) is 16.6 Å². The summed E-state index contributed by atoms with van der Waals surface area (Å²) in [5.41, 5.74) is 2.73. The maximum absolute atomic E-state index is 12.6. The number of aryl methyl sites for hydroxylation is 1. The van der Waals surface area contributed by atoms with Crippen LogP contribution in [0, 0.1) is 18.8 Å². The van der Waals surface area contributed by atoms with Crippen LogP contribution in [-0.4, -0.2) is 8.42 Å². The highest BCUT2D eigenvalue weighted by Gasteiger charge is 2.15. The van der Waals surface area contributed by atoms with E-state index in [0.29, 0.717) is 16.3 Å². The van der Waals surface area contributed by atoms with Crippen LogP contribution in [0.25, 0.3) is 0 Å². The van der Waals surface area contributed by atoms with E-state index in [4.69, 9.17) is 11.6 Å². The predicted molar refractivity (Wildman–Crippen MR) is 106 cm³/mol. The molecule has 0 spiro atoms. The van der Waals surface area contributed by atoms with Crippen LogP contribution in [0.3, 0.4) is 0 Å². The second-order valence-corrected chi connectivity index (χ2v) is 7.84. The third-order valence-corrected chi connectivity index (χ3v) is 5.29. The third-order valence-electron chi connectivity index (χ3n) is 3.67. The summed E-state index contributed by atoms with van der Waals surface area (Å²) in [5, 5.41) is 0.428. The molecule has 3 nitrogen and oxygen atoms in total. The van der Waals surface area contributed by atoms with Crippen molar-refractivity contribution in [1.82, 2.24) is 0 Å². The van der Waals surface area contributed by atoms with Gasteiger partial charge in [0.15, 0.2) is 0 Å². The fourth-order valence-electron chi connectivity index (χ4n) is 2.29. The molecule has 0 aliphatic rings. The zero-order valence-corrected chi connectivity index (χ0v) is 15.6. The molecule has 0 saturated carbocycles. The second kappa shape index (κ2) is 7.65. The van der Waals surface area contributed by atoms with Crippen LogP contribution in [0.15, 0.2) is 77.7 Å². The molecule has 0 aromatic heterocycles. The molecule has 5 heteroatoms. The van der Waals surface area contributed by atoms with E-state index in [1.807, 2.05) is 37.3 Å². The van der Waals surface area contributed by atoms with E-state index in [0.717, 1.165) is 11.1 Å². The molecule has 1 N–H and O–H groups in total. The van der Waals surface area contributed by atoms with Crippen LogP contribution in [-0.2, 0) is 10.0 Å². The molecule has 0 aliphatic heterocycles. The topological polar surface area (TPSA) is 46.2 Å². The van der Waals surface area contributed by atoms with Crippen molar-refractivity contribution in [1.29, 1.82) is 0 Å². The number of anilines is 1. The molecular formula is C21H16ClNO2S. The molecule has 0 radical (unpaired) electrons. The van der Waals surface area contributed by atoms with Gasteiger partial charge in [0.1, 0.15) is 0 Å². The Kier molecular flexibility index (Phi) is 5.32. The molecule has 26 heavy (non-hydrogen) atoms. The molecule has 3 rings (SSSR count). The quantitative estimate of drug-likeness (QED) is 0.659. The molecular weight excluding hydrogens is 366 g/mol. The Morgan fingerprint density at radius 1 is 0.885 bits per heavy atom. The van der Waals surface area contributed by atoms with Crippen LogP contribution in [0.2, 0.25) is 5.02 Å². The lowest BCUT2D eigenvalue weighted by molar-refractivity contribution is 0.601. The molecule has 0 fully saturated rings. The van der Waals surface area contributed by atoms with E-state index in [9.17, 15) is 8.42 Å². The average Bonchev–Trinajstić information content (AvgIpc) is 2.62. The van der Waals surface area contributed by atoms with Gasteiger partial charge in [0, 0.05) is 16.1 Å². The van der Waals surface area contributed by atoms with Gasteiger partial charge in [0.25, 0.3) is 10.0 Å². The lowest BCUT2D eigenvalue weighted by Gasteiger charge is -2.10. The molecule has 0 aliphatic carbocycles. The number of hydrogen-bond donors (Lipinski definition) is 1. The smallest absolute Gasteiger partial charge is 0.261 e. The van der Waals surface area contributed by atoms with Crippen LogP contribution in [0.1, 0.15) is 16.7 Å². The van der Waals surface area contributed by atoms with Crippen molar-refractivity contribution in [2.24, 2.45) is 0 Å². The molecule has 0 unspecified atom stereocenters. The van der Waals surface area contributed by atoms with Gasteiger partial charge < -0.3 is 0 Å². The monoisotopic (exact) mass is 381 g/mol. The Labute approximate surface area is 158 Å². The normalized spacial score (nSPS) is 10.7. The Hall–Kier alpha value is -2.74. The second-order valence-electron chi connectivity index (χ2n) is 5.72. The van der Waals surface area contributed by atoms with Gasteiger partial charge in [-0.3, -0.25) is 4.72 Å². The van der Waals surface area contributed by atoms with Gasteiger partial charge in [0.05, 0.1) is 10.6 Å². The SMILES string of the molecule is Cc1ccc(S(=O)(=O)Nc2cc(Cl)ccc2C#Cc2ccccc2)cc1. The van der Waals surface area contributed by atoms with E-state index < -0.39 is 10.0 Å². The number of nitrogens with one attached hydrogen (secondary N) is 1. The average molecular weight is 382 g/mol. The Morgan fingerprint density at radius 3 is 2.27 bits per heavy atom. The van der Waals surface area contributed by atoms with E-state index >= 15 is 0 Å². The van der Waals surface area contributed by atoms with Gasteiger partial charge in [-0.05, 0) is 49.4 Å². The molecule has 3 aromatic rings. The van der Waals surface area contributed by atoms with Crippen molar-refractivity contribution >= 4 is 27.3 Å². The van der Waals surface area contributed by atoms with Crippen molar-refractivity contribution in [2.45, 2.75) is 11.8 Å². The Balaban J connectivity index is 1.96. The molecule has 0 atom stereocenters. The van der Waals surface area contributed by atoms with Gasteiger partial charge in [0.2, 0.25) is 0 Å². The summed E-state index contributed by atoms with van der Waals surface area (Å²) in [5.74, 6) is 6.03. The minimum atomic E-state index is -3.73. The molecule has 130 valence electrons. The fraction of sp³-hybridized carbons (Fsp3) is 0.0476. The first-order valence-corrected chi connectivity index (χ1v) is 9.76. The molecule has 0 bridgehead atoms. The lowest BCUT2D eigenvalue weighted by atomic mass is 10.1. The minimum absolute atomic E-state index is 0.185. The first kappa shape index (κ1) is 18.1. The first-order valence-electron chi connectivity index (χ1n) is 7.90. The highest BCUT2D eigenvalue weighted by atomic mass is 35.5. The summed E-state index contributed by atoms with van der Waals surface area (Å²) in [6.45, 7) is 1.90. The maximum atomic E-state index is 12.6. The van der Waals surface area contributed by atoms with Gasteiger partial charge in [-0.15, -0.1) is 0 Å². The van der Waals surface area contributed by atoms with Crippen molar-refractivity contribution < 1.29 is 8.42 Å². The zero-order chi connectivity index (χ0) is 18.6. The third kappa shape index (κ3) is 4.45. The largest absolute Gasteiger partial charge is 0.278 e. The summed E-state index contributed by atoms with van der Waals surface area (Å²) in [4.78, 5) is 0.185. The standard InChI is InChI=1S/C21H16ClNO2S/c1-16-7-13-20(14-8-16)26(24,25)23-21-15-19(22)12-11-18(21)10-9-17-5-3-2-4-6-17/h2-8,11-15,23H,1H3. The highest BCUT2D eigenvalue weighted by Crippen LogP contribution is 2.24. The highest BCUT2D eigenvalue weighted by molar-refractivity contribution is 7.92. The van der Waals surface area contributed by atoms with E-state index in [1.165, 1.54) is 0 Å². The molecule has 3 aromatic carbocycles. The summed E-state index contributed by atoms with van der Waals surface area (Å²) >= 11 is 6.05. The van der Waals surface area contributed by atoms with Crippen molar-refractivity contribution in [2.75, 3.05) is 4.72 Å². The van der Waals surface area contributed by atoms with Crippen LogP contribution >= 0.6 is 11.6 Å². The molecule has 0 heterocycles. The number of benzene rings is 3. The number of halogens is 1. The Bertz CT molecular complexity index is 1080. The summed E-state index contributed by atoms with van der Waals surface area (Å²) < 4.78 is 27.9. The molecule has 0 amide bonds.